The van der Waals surface area contributed by atoms with Crippen LogP contribution in [0.1, 0.15) is 26.7 Å². The van der Waals surface area contributed by atoms with Crippen LogP contribution in [0.25, 0.3) is 22.3 Å². The van der Waals surface area contributed by atoms with Crippen molar-refractivity contribution in [3.63, 3.8) is 0 Å². The Kier molecular flexibility index (Phi) is 4.28. The molecular formula is C18H20N4. The second-order valence-electron chi connectivity index (χ2n) is 5.48. The Morgan fingerprint density at radius 3 is 2.59 bits per heavy atom. The molecule has 1 N–H and O–H groups in total. The topological polar surface area (TPSA) is 50.7 Å². The average molecular weight is 292 g/mol. The summed E-state index contributed by atoms with van der Waals surface area (Å²) in [6, 6.07) is 12.4. The fraction of sp³-hybridized carbons (Fsp3) is 0.278. The van der Waals surface area contributed by atoms with Crippen molar-refractivity contribution in [2.75, 3.05) is 5.32 Å². The third kappa shape index (κ3) is 3.06. The molecule has 1 unspecified atom stereocenters. The molecule has 0 spiro atoms. The van der Waals surface area contributed by atoms with Gasteiger partial charge < -0.3 is 5.32 Å². The summed E-state index contributed by atoms with van der Waals surface area (Å²) in [7, 11) is 0. The minimum atomic E-state index is 0.383. The van der Waals surface area contributed by atoms with E-state index in [2.05, 4.69) is 35.2 Å². The van der Waals surface area contributed by atoms with Gasteiger partial charge in [-0.05, 0) is 37.6 Å². The van der Waals surface area contributed by atoms with Gasteiger partial charge in [0.2, 0.25) is 0 Å². The molecule has 3 rings (SSSR count). The lowest BCUT2D eigenvalue weighted by Gasteiger charge is -2.16. The molecule has 4 nitrogen and oxygen atoms in total. The van der Waals surface area contributed by atoms with Gasteiger partial charge in [0.1, 0.15) is 5.82 Å². The van der Waals surface area contributed by atoms with Gasteiger partial charge in [0.05, 0.1) is 5.52 Å². The van der Waals surface area contributed by atoms with Crippen molar-refractivity contribution in [3.8, 4) is 11.4 Å². The van der Waals surface area contributed by atoms with Crippen molar-refractivity contribution in [2.45, 2.75) is 32.7 Å². The Bertz CT molecular complexity index is 755. The molecule has 0 saturated heterocycles. The van der Waals surface area contributed by atoms with E-state index in [9.17, 15) is 0 Å². The second-order valence-corrected chi connectivity index (χ2v) is 5.48. The van der Waals surface area contributed by atoms with Crippen LogP contribution >= 0.6 is 0 Å². The average Bonchev–Trinajstić information content (AvgIpc) is 2.56. The monoisotopic (exact) mass is 292 g/mol. The maximum atomic E-state index is 4.74. The smallest absolute Gasteiger partial charge is 0.162 e. The summed E-state index contributed by atoms with van der Waals surface area (Å²) >= 11 is 0. The first-order valence-corrected chi connectivity index (χ1v) is 7.71. The number of nitrogens with zero attached hydrogens (tertiary/aromatic N) is 3. The Morgan fingerprint density at radius 2 is 1.82 bits per heavy atom. The standard InChI is InChI=1S/C18H20N4/c1-3-6-13(2)20-18-15-7-4-5-8-16(15)21-17(22-18)14-9-11-19-12-10-14/h4-5,7-13H,3,6H2,1-2H3,(H,20,21,22). The summed E-state index contributed by atoms with van der Waals surface area (Å²) in [5, 5.41) is 4.59. The molecule has 0 fully saturated rings. The maximum absolute atomic E-state index is 4.74. The Morgan fingerprint density at radius 1 is 1.05 bits per heavy atom. The number of para-hydroxylation sites is 1. The van der Waals surface area contributed by atoms with Crippen LogP contribution in [0, 0.1) is 0 Å². The summed E-state index contributed by atoms with van der Waals surface area (Å²) in [5.74, 6) is 1.63. The van der Waals surface area contributed by atoms with Crippen LogP contribution in [0.3, 0.4) is 0 Å². The van der Waals surface area contributed by atoms with Crippen molar-refractivity contribution < 1.29 is 0 Å². The summed E-state index contributed by atoms with van der Waals surface area (Å²) < 4.78 is 0. The van der Waals surface area contributed by atoms with Gasteiger partial charge in [0.15, 0.2) is 5.82 Å². The first-order chi connectivity index (χ1) is 10.8. The van der Waals surface area contributed by atoms with Crippen LogP contribution in [0.15, 0.2) is 48.8 Å². The first kappa shape index (κ1) is 14.4. The lowest BCUT2D eigenvalue weighted by molar-refractivity contribution is 0.688. The van der Waals surface area contributed by atoms with Crippen LogP contribution in [0.5, 0.6) is 0 Å². The Labute approximate surface area is 130 Å². The van der Waals surface area contributed by atoms with Gasteiger partial charge in [-0.1, -0.05) is 25.5 Å². The summed E-state index contributed by atoms with van der Waals surface area (Å²) in [6.07, 6.45) is 5.79. The van der Waals surface area contributed by atoms with E-state index < -0.39 is 0 Å². The van der Waals surface area contributed by atoms with Gasteiger partial charge in [-0.3, -0.25) is 4.98 Å². The highest BCUT2D eigenvalue weighted by molar-refractivity contribution is 5.90. The molecular weight excluding hydrogens is 272 g/mol. The molecule has 112 valence electrons. The van der Waals surface area contributed by atoms with Crippen LogP contribution in [0.2, 0.25) is 0 Å². The molecule has 1 atom stereocenters. The lowest BCUT2D eigenvalue weighted by Crippen LogP contribution is -2.16. The second kappa shape index (κ2) is 6.52. The summed E-state index contributed by atoms with van der Waals surface area (Å²) in [4.78, 5) is 13.5. The number of pyridine rings is 1. The Balaban J connectivity index is 2.08. The predicted octanol–water partition coefficient (Wildman–Crippen LogP) is 4.29. The molecule has 0 aliphatic rings. The Hall–Kier alpha value is -2.49. The minimum absolute atomic E-state index is 0.383. The molecule has 0 aliphatic carbocycles. The van der Waals surface area contributed by atoms with Crippen molar-refractivity contribution >= 4 is 16.7 Å². The fourth-order valence-electron chi connectivity index (χ4n) is 2.56. The quantitative estimate of drug-likeness (QED) is 0.762. The molecule has 4 heteroatoms. The molecule has 0 saturated carbocycles. The number of fused-ring (bicyclic) bond motifs is 1. The maximum Gasteiger partial charge on any atom is 0.162 e. The highest BCUT2D eigenvalue weighted by Gasteiger charge is 2.11. The highest BCUT2D eigenvalue weighted by atomic mass is 15.0. The number of nitrogens with one attached hydrogen (secondary N) is 1. The molecule has 22 heavy (non-hydrogen) atoms. The molecule has 0 bridgehead atoms. The zero-order valence-corrected chi connectivity index (χ0v) is 13.0. The summed E-state index contributed by atoms with van der Waals surface area (Å²) in [5.41, 5.74) is 1.93. The van der Waals surface area contributed by atoms with E-state index in [1.54, 1.807) is 12.4 Å². The number of aromatic nitrogens is 3. The number of rotatable bonds is 5. The van der Waals surface area contributed by atoms with E-state index in [1.807, 2.05) is 30.3 Å². The van der Waals surface area contributed by atoms with E-state index in [-0.39, 0.29) is 0 Å². The van der Waals surface area contributed by atoms with Gasteiger partial charge in [0.25, 0.3) is 0 Å². The summed E-state index contributed by atoms with van der Waals surface area (Å²) in [6.45, 7) is 4.38. The van der Waals surface area contributed by atoms with Gasteiger partial charge in [-0.25, -0.2) is 9.97 Å². The largest absolute Gasteiger partial charge is 0.367 e. The van der Waals surface area contributed by atoms with Crippen molar-refractivity contribution in [2.24, 2.45) is 0 Å². The zero-order valence-electron chi connectivity index (χ0n) is 13.0. The highest BCUT2D eigenvalue weighted by Crippen LogP contribution is 2.25. The van der Waals surface area contributed by atoms with Crippen molar-refractivity contribution in [1.29, 1.82) is 0 Å². The van der Waals surface area contributed by atoms with Crippen LogP contribution in [-0.4, -0.2) is 21.0 Å². The van der Waals surface area contributed by atoms with E-state index in [0.29, 0.717) is 6.04 Å². The third-order valence-electron chi connectivity index (χ3n) is 3.65. The molecule has 3 aromatic rings. The van der Waals surface area contributed by atoms with E-state index in [1.165, 1.54) is 0 Å². The van der Waals surface area contributed by atoms with E-state index >= 15 is 0 Å². The SMILES string of the molecule is CCCC(C)Nc1nc(-c2ccncc2)nc2ccccc12. The van der Waals surface area contributed by atoms with Crippen molar-refractivity contribution in [1.82, 2.24) is 15.0 Å². The molecule has 0 aliphatic heterocycles. The third-order valence-corrected chi connectivity index (χ3v) is 3.65. The minimum Gasteiger partial charge on any atom is -0.367 e. The predicted molar refractivity (Wildman–Crippen MR) is 90.8 cm³/mol. The number of anilines is 1. The normalized spacial score (nSPS) is 12.3. The van der Waals surface area contributed by atoms with Crippen LogP contribution in [-0.2, 0) is 0 Å². The fourth-order valence-corrected chi connectivity index (χ4v) is 2.56. The van der Waals surface area contributed by atoms with E-state index in [0.717, 1.165) is 41.0 Å². The van der Waals surface area contributed by atoms with Crippen molar-refractivity contribution in [3.05, 3.63) is 48.8 Å². The molecule has 2 heterocycles. The van der Waals surface area contributed by atoms with Crippen LogP contribution < -0.4 is 5.32 Å². The molecule has 1 aromatic carbocycles. The van der Waals surface area contributed by atoms with E-state index in [4.69, 9.17) is 4.98 Å². The van der Waals surface area contributed by atoms with Gasteiger partial charge >= 0.3 is 0 Å². The van der Waals surface area contributed by atoms with Gasteiger partial charge in [-0.15, -0.1) is 0 Å². The first-order valence-electron chi connectivity index (χ1n) is 7.71. The number of benzene rings is 1. The molecule has 2 aromatic heterocycles. The molecule has 0 radical (unpaired) electrons. The lowest BCUT2D eigenvalue weighted by atomic mass is 10.1. The number of hydrogen-bond acceptors (Lipinski definition) is 4. The molecule has 0 amide bonds. The van der Waals surface area contributed by atoms with Crippen LogP contribution in [0.4, 0.5) is 5.82 Å². The van der Waals surface area contributed by atoms with Gasteiger partial charge in [-0.2, -0.15) is 0 Å². The van der Waals surface area contributed by atoms with Gasteiger partial charge in [0, 0.05) is 29.4 Å². The number of hydrogen-bond donors (Lipinski definition) is 1. The zero-order chi connectivity index (χ0) is 15.4.